The van der Waals surface area contributed by atoms with E-state index in [0.29, 0.717) is 17.4 Å². The molecule has 0 saturated carbocycles. The van der Waals surface area contributed by atoms with Crippen LogP contribution in [-0.2, 0) is 0 Å². The van der Waals surface area contributed by atoms with Crippen LogP contribution >= 0.6 is 0 Å². The molecule has 1 aliphatic heterocycles. The van der Waals surface area contributed by atoms with E-state index in [1.54, 1.807) is 12.4 Å². The van der Waals surface area contributed by atoms with Gasteiger partial charge in [0, 0.05) is 25.5 Å². The Morgan fingerprint density at radius 1 is 1.19 bits per heavy atom. The Hall–Kier alpha value is -2.63. The topological polar surface area (TPSA) is 67.4 Å². The summed E-state index contributed by atoms with van der Waals surface area (Å²) in [5.41, 5.74) is 1.32. The molecule has 0 radical (unpaired) electrons. The number of ether oxygens (including phenoxy) is 1. The molecule has 1 N–H and O–H groups in total. The van der Waals surface area contributed by atoms with Crippen molar-refractivity contribution < 1.29 is 9.53 Å². The molecule has 0 aliphatic carbocycles. The van der Waals surface area contributed by atoms with E-state index in [1.807, 2.05) is 43.0 Å². The molecule has 2 aromatic rings. The SMILES string of the molecule is CC1CCN(C(=O)c2cnc(Nc3ccccc3OC(C)C)nc2)CC1. The Balaban J connectivity index is 1.68. The summed E-state index contributed by atoms with van der Waals surface area (Å²) in [5.74, 6) is 1.88. The molecule has 3 rings (SSSR count). The van der Waals surface area contributed by atoms with Crippen LogP contribution < -0.4 is 10.1 Å². The summed E-state index contributed by atoms with van der Waals surface area (Å²) in [5, 5.41) is 3.16. The molecule has 0 atom stereocenters. The van der Waals surface area contributed by atoms with Crippen molar-refractivity contribution >= 4 is 17.5 Å². The van der Waals surface area contributed by atoms with Gasteiger partial charge >= 0.3 is 0 Å². The maximum atomic E-state index is 12.6. The first-order valence-corrected chi connectivity index (χ1v) is 9.17. The zero-order valence-electron chi connectivity index (χ0n) is 15.6. The number of carbonyl (C=O) groups is 1. The maximum Gasteiger partial charge on any atom is 0.256 e. The lowest BCUT2D eigenvalue weighted by Crippen LogP contribution is -2.38. The lowest BCUT2D eigenvalue weighted by Gasteiger charge is -2.30. The minimum atomic E-state index is 0.00647. The zero-order valence-corrected chi connectivity index (χ0v) is 15.6. The molecule has 0 bridgehead atoms. The number of hydrogen-bond donors (Lipinski definition) is 1. The first kappa shape index (κ1) is 18.2. The second kappa shape index (κ2) is 8.17. The summed E-state index contributed by atoms with van der Waals surface area (Å²) in [4.78, 5) is 23.0. The summed E-state index contributed by atoms with van der Waals surface area (Å²) in [7, 11) is 0. The van der Waals surface area contributed by atoms with Gasteiger partial charge in [-0.25, -0.2) is 9.97 Å². The van der Waals surface area contributed by atoms with Crippen LogP contribution in [0.15, 0.2) is 36.7 Å². The highest BCUT2D eigenvalue weighted by atomic mass is 16.5. The van der Waals surface area contributed by atoms with Gasteiger partial charge in [-0.15, -0.1) is 0 Å². The van der Waals surface area contributed by atoms with Crippen molar-refractivity contribution in [2.75, 3.05) is 18.4 Å². The van der Waals surface area contributed by atoms with Crippen LogP contribution in [0.2, 0.25) is 0 Å². The Morgan fingerprint density at radius 2 is 1.85 bits per heavy atom. The number of nitrogens with one attached hydrogen (secondary N) is 1. The van der Waals surface area contributed by atoms with Gasteiger partial charge in [0.15, 0.2) is 0 Å². The Labute approximate surface area is 154 Å². The highest BCUT2D eigenvalue weighted by molar-refractivity contribution is 5.93. The molecule has 26 heavy (non-hydrogen) atoms. The number of hydrogen-bond acceptors (Lipinski definition) is 5. The molecule has 1 fully saturated rings. The number of piperidine rings is 1. The van der Waals surface area contributed by atoms with E-state index in [4.69, 9.17) is 4.74 Å². The van der Waals surface area contributed by atoms with Gasteiger partial charge in [-0.2, -0.15) is 0 Å². The van der Waals surface area contributed by atoms with Crippen molar-refractivity contribution in [3.05, 3.63) is 42.2 Å². The number of para-hydroxylation sites is 2. The Bertz CT molecular complexity index is 738. The molecule has 0 unspecified atom stereocenters. The highest BCUT2D eigenvalue weighted by Crippen LogP contribution is 2.27. The van der Waals surface area contributed by atoms with Gasteiger partial charge in [0.2, 0.25) is 5.95 Å². The second-order valence-corrected chi connectivity index (χ2v) is 7.06. The van der Waals surface area contributed by atoms with Crippen molar-refractivity contribution in [3.8, 4) is 5.75 Å². The molecule has 138 valence electrons. The molecule has 1 aromatic carbocycles. The number of carbonyl (C=O) groups excluding carboxylic acids is 1. The molecule has 1 aromatic heterocycles. The van der Waals surface area contributed by atoms with Gasteiger partial charge < -0.3 is 15.0 Å². The minimum absolute atomic E-state index is 0.00647. The summed E-state index contributed by atoms with van der Waals surface area (Å²) in [6.45, 7) is 7.80. The summed E-state index contributed by atoms with van der Waals surface area (Å²) in [6, 6.07) is 7.66. The second-order valence-electron chi connectivity index (χ2n) is 7.06. The van der Waals surface area contributed by atoms with Crippen LogP contribution in [-0.4, -0.2) is 40.0 Å². The third-order valence-electron chi connectivity index (χ3n) is 4.47. The van der Waals surface area contributed by atoms with Crippen LogP contribution in [0.4, 0.5) is 11.6 Å². The monoisotopic (exact) mass is 354 g/mol. The van der Waals surface area contributed by atoms with E-state index < -0.39 is 0 Å². The molecule has 6 heteroatoms. The van der Waals surface area contributed by atoms with Gasteiger partial charge in [-0.05, 0) is 44.7 Å². The van der Waals surface area contributed by atoms with Gasteiger partial charge in [0.1, 0.15) is 5.75 Å². The van der Waals surface area contributed by atoms with E-state index in [9.17, 15) is 4.79 Å². The van der Waals surface area contributed by atoms with Crippen LogP contribution in [0.3, 0.4) is 0 Å². The molecular weight excluding hydrogens is 328 g/mol. The van der Waals surface area contributed by atoms with Crippen LogP contribution in [0.25, 0.3) is 0 Å². The summed E-state index contributed by atoms with van der Waals surface area (Å²) in [6.07, 6.45) is 5.35. The number of nitrogens with zero attached hydrogens (tertiary/aromatic N) is 3. The van der Waals surface area contributed by atoms with Gasteiger partial charge in [-0.1, -0.05) is 19.1 Å². The molecule has 1 amide bonds. The number of likely N-dealkylation sites (tertiary alicyclic amines) is 1. The average molecular weight is 354 g/mol. The lowest BCUT2D eigenvalue weighted by atomic mass is 9.99. The predicted molar refractivity (Wildman–Crippen MR) is 102 cm³/mol. The molecule has 1 aliphatic rings. The smallest absolute Gasteiger partial charge is 0.256 e. The van der Waals surface area contributed by atoms with Crippen LogP contribution in [0, 0.1) is 5.92 Å². The first-order chi connectivity index (χ1) is 12.5. The molecule has 2 heterocycles. The van der Waals surface area contributed by atoms with E-state index in [2.05, 4.69) is 22.2 Å². The van der Waals surface area contributed by atoms with E-state index >= 15 is 0 Å². The standard InChI is InChI=1S/C20H26N4O2/c1-14(2)26-18-7-5-4-6-17(18)23-20-21-12-16(13-22-20)19(25)24-10-8-15(3)9-11-24/h4-7,12-15H,8-11H2,1-3H3,(H,21,22,23). The average Bonchev–Trinajstić information content (AvgIpc) is 2.64. The quantitative estimate of drug-likeness (QED) is 0.882. The van der Waals surface area contributed by atoms with E-state index in [-0.39, 0.29) is 12.0 Å². The minimum Gasteiger partial charge on any atom is -0.489 e. The first-order valence-electron chi connectivity index (χ1n) is 9.17. The molecule has 6 nitrogen and oxygen atoms in total. The number of amides is 1. The zero-order chi connectivity index (χ0) is 18.5. The van der Waals surface area contributed by atoms with Crippen molar-refractivity contribution in [3.63, 3.8) is 0 Å². The highest BCUT2D eigenvalue weighted by Gasteiger charge is 2.22. The third-order valence-corrected chi connectivity index (χ3v) is 4.47. The number of aromatic nitrogens is 2. The van der Waals surface area contributed by atoms with Crippen molar-refractivity contribution in [1.29, 1.82) is 0 Å². The Kier molecular flexibility index (Phi) is 5.71. The fraction of sp³-hybridized carbons (Fsp3) is 0.450. The fourth-order valence-electron chi connectivity index (χ4n) is 2.94. The fourth-order valence-corrected chi connectivity index (χ4v) is 2.94. The molecule has 0 spiro atoms. The van der Waals surface area contributed by atoms with E-state index in [0.717, 1.165) is 37.4 Å². The van der Waals surface area contributed by atoms with Gasteiger partial charge in [0.25, 0.3) is 5.91 Å². The lowest BCUT2D eigenvalue weighted by molar-refractivity contribution is 0.0696. The van der Waals surface area contributed by atoms with E-state index in [1.165, 1.54) is 0 Å². The number of rotatable bonds is 5. The normalized spacial score (nSPS) is 15.2. The van der Waals surface area contributed by atoms with Crippen molar-refractivity contribution in [1.82, 2.24) is 14.9 Å². The number of benzene rings is 1. The third kappa shape index (κ3) is 4.50. The Morgan fingerprint density at radius 3 is 2.50 bits per heavy atom. The van der Waals surface area contributed by atoms with Gasteiger partial charge in [0.05, 0.1) is 17.4 Å². The molecular formula is C20H26N4O2. The number of anilines is 2. The summed E-state index contributed by atoms with van der Waals surface area (Å²) < 4.78 is 5.79. The van der Waals surface area contributed by atoms with Crippen LogP contribution in [0.1, 0.15) is 44.0 Å². The van der Waals surface area contributed by atoms with Crippen molar-refractivity contribution in [2.24, 2.45) is 5.92 Å². The summed E-state index contributed by atoms with van der Waals surface area (Å²) >= 11 is 0. The van der Waals surface area contributed by atoms with Crippen molar-refractivity contribution in [2.45, 2.75) is 39.7 Å². The largest absolute Gasteiger partial charge is 0.489 e. The maximum absolute atomic E-state index is 12.6. The van der Waals surface area contributed by atoms with Gasteiger partial charge in [-0.3, -0.25) is 4.79 Å². The molecule has 1 saturated heterocycles. The predicted octanol–water partition coefficient (Wildman–Crippen LogP) is 3.88. The van der Waals surface area contributed by atoms with Crippen LogP contribution in [0.5, 0.6) is 5.75 Å².